The first-order chi connectivity index (χ1) is 18.2. The molecule has 2 bridgehead atoms. The van der Waals surface area contributed by atoms with E-state index in [4.69, 9.17) is 14.9 Å². The van der Waals surface area contributed by atoms with Crippen molar-refractivity contribution in [1.82, 2.24) is 9.47 Å². The zero-order valence-corrected chi connectivity index (χ0v) is 21.0. The Morgan fingerprint density at radius 1 is 1.13 bits per heavy atom. The summed E-state index contributed by atoms with van der Waals surface area (Å²) in [6.45, 7) is 2.41. The Bertz CT molecular complexity index is 1490. The van der Waals surface area contributed by atoms with E-state index >= 15 is 0 Å². The number of piperidine rings is 1. The van der Waals surface area contributed by atoms with E-state index in [0.717, 1.165) is 18.7 Å². The van der Waals surface area contributed by atoms with E-state index in [0.29, 0.717) is 42.4 Å². The second-order valence-corrected chi connectivity index (χ2v) is 10.0. The van der Waals surface area contributed by atoms with E-state index in [1.807, 2.05) is 10.6 Å². The minimum atomic E-state index is -0.827. The monoisotopic (exact) mass is 519 g/mol. The molecule has 3 N–H and O–H groups in total. The van der Waals surface area contributed by atoms with Gasteiger partial charge < -0.3 is 24.6 Å². The first-order valence-corrected chi connectivity index (χ1v) is 12.5. The highest BCUT2D eigenvalue weighted by Crippen LogP contribution is 2.37. The number of pyridine rings is 1. The van der Waals surface area contributed by atoms with E-state index in [1.54, 1.807) is 24.3 Å². The van der Waals surface area contributed by atoms with Gasteiger partial charge in [-0.05, 0) is 36.1 Å². The van der Waals surface area contributed by atoms with Gasteiger partial charge in [-0.15, -0.1) is 0 Å². The molecule has 1 saturated heterocycles. The molecular weight excluding hydrogens is 490 g/mol. The van der Waals surface area contributed by atoms with Crippen LogP contribution in [0.25, 0.3) is 0 Å². The Kier molecular flexibility index (Phi) is 6.90. The summed E-state index contributed by atoms with van der Waals surface area (Å²) in [6.07, 6.45) is 0.782. The third-order valence-corrected chi connectivity index (χ3v) is 7.39. The zero-order chi connectivity index (χ0) is 27.0. The summed E-state index contributed by atoms with van der Waals surface area (Å²) >= 11 is 0. The maximum Gasteiger partial charge on any atom is 0.337 e. The lowest BCUT2D eigenvalue weighted by atomic mass is 9.83. The van der Waals surface area contributed by atoms with Crippen molar-refractivity contribution in [3.8, 4) is 5.75 Å². The Hall–Kier alpha value is -4.18. The first kappa shape index (κ1) is 25.5. The van der Waals surface area contributed by atoms with Gasteiger partial charge in [-0.1, -0.05) is 18.2 Å². The quantitative estimate of drug-likeness (QED) is 0.451. The molecule has 4 heterocycles. The van der Waals surface area contributed by atoms with Crippen LogP contribution in [-0.2, 0) is 22.6 Å². The second-order valence-electron chi connectivity index (χ2n) is 10.0. The number of hydrogen-bond acceptors (Lipinski definition) is 8. The molecule has 2 aromatic heterocycles. The Morgan fingerprint density at radius 2 is 1.89 bits per heavy atom. The Balaban J connectivity index is 1.44. The van der Waals surface area contributed by atoms with Crippen molar-refractivity contribution in [2.45, 2.75) is 37.8 Å². The third kappa shape index (κ3) is 4.99. The van der Waals surface area contributed by atoms with Gasteiger partial charge in [-0.3, -0.25) is 19.3 Å². The summed E-state index contributed by atoms with van der Waals surface area (Å²) in [5.41, 5.74) is 6.77. The highest BCUT2D eigenvalue weighted by molar-refractivity contribution is 5.89. The highest BCUT2D eigenvalue weighted by Gasteiger charge is 2.35. The molecule has 0 unspecified atom stereocenters. The smallest absolute Gasteiger partial charge is 0.337 e. The molecule has 0 radical (unpaired) electrons. The number of rotatable bonds is 7. The van der Waals surface area contributed by atoms with E-state index in [9.17, 15) is 24.3 Å². The molecule has 2 aliphatic heterocycles. The minimum Gasteiger partial charge on any atom is -0.502 e. The number of carbonyl (C=O) groups excluding carboxylic acids is 2. The average molecular weight is 520 g/mol. The van der Waals surface area contributed by atoms with E-state index < -0.39 is 29.0 Å². The van der Waals surface area contributed by atoms with Gasteiger partial charge in [0.1, 0.15) is 5.76 Å². The van der Waals surface area contributed by atoms with Crippen molar-refractivity contribution in [2.75, 3.05) is 20.2 Å². The number of hydrogen-bond donors (Lipinski definition) is 2. The first-order valence-electron chi connectivity index (χ1n) is 12.5. The molecule has 38 heavy (non-hydrogen) atoms. The van der Waals surface area contributed by atoms with Crippen LogP contribution in [0.5, 0.6) is 5.75 Å². The van der Waals surface area contributed by atoms with E-state index in [2.05, 4.69) is 4.90 Å². The zero-order valence-electron chi connectivity index (χ0n) is 21.0. The van der Waals surface area contributed by atoms with Crippen LogP contribution in [0.15, 0.2) is 62.5 Å². The number of amides is 1. The Morgan fingerprint density at radius 3 is 2.61 bits per heavy atom. The van der Waals surface area contributed by atoms with Crippen LogP contribution < -0.4 is 16.7 Å². The van der Waals surface area contributed by atoms with Crippen LogP contribution in [0.3, 0.4) is 0 Å². The summed E-state index contributed by atoms with van der Waals surface area (Å²) in [6, 6.07) is 12.9. The van der Waals surface area contributed by atoms with Gasteiger partial charge in [0.15, 0.2) is 5.76 Å². The molecule has 5 rings (SSSR count). The maximum atomic E-state index is 12.8. The van der Waals surface area contributed by atoms with E-state index in [-0.39, 0.29) is 23.7 Å². The summed E-state index contributed by atoms with van der Waals surface area (Å²) in [5.74, 6) is -1.78. The molecule has 1 fully saturated rings. The van der Waals surface area contributed by atoms with Crippen molar-refractivity contribution in [3.63, 3.8) is 0 Å². The summed E-state index contributed by atoms with van der Waals surface area (Å²) < 4.78 is 12.7. The predicted octanol–water partition coefficient (Wildman–Crippen LogP) is 1.92. The highest BCUT2D eigenvalue weighted by atomic mass is 16.5. The van der Waals surface area contributed by atoms with Gasteiger partial charge in [0.05, 0.1) is 25.1 Å². The molecule has 10 heteroatoms. The molecule has 0 aliphatic carbocycles. The molecule has 3 atom stereocenters. The number of methoxy groups -OCH3 is 1. The average Bonchev–Trinajstić information content (AvgIpc) is 2.89. The van der Waals surface area contributed by atoms with Crippen LogP contribution in [0.2, 0.25) is 0 Å². The van der Waals surface area contributed by atoms with Crippen LogP contribution in [0.4, 0.5) is 0 Å². The largest absolute Gasteiger partial charge is 0.502 e. The number of aromatic hydroxyl groups is 1. The van der Waals surface area contributed by atoms with Gasteiger partial charge in [-0.2, -0.15) is 0 Å². The Labute approximate surface area is 218 Å². The molecule has 198 valence electrons. The molecule has 2 aliphatic rings. The molecular formula is C28H29N3O7. The summed E-state index contributed by atoms with van der Waals surface area (Å²) in [4.78, 5) is 51.0. The number of aromatic nitrogens is 1. The number of carbonyl (C=O) groups is 2. The number of primary amides is 1. The van der Waals surface area contributed by atoms with Crippen molar-refractivity contribution < 1.29 is 23.8 Å². The lowest BCUT2D eigenvalue weighted by Gasteiger charge is -2.42. The van der Waals surface area contributed by atoms with Gasteiger partial charge in [0, 0.05) is 49.8 Å². The fourth-order valence-corrected chi connectivity index (χ4v) is 5.75. The number of esters is 1. The SMILES string of the molecule is COC(=O)c1ccc([C@H](CC(N)=O)c2oc(CN3C[C@H]4C[C@@H](C3)c3cccc(=O)n3C4)cc(=O)c2O)cc1. The van der Waals surface area contributed by atoms with Crippen LogP contribution in [0.1, 0.15) is 57.8 Å². The van der Waals surface area contributed by atoms with Gasteiger partial charge >= 0.3 is 5.97 Å². The standard InChI is InChI=1S/C28H29N3O7/c1-37-28(36)18-7-5-17(6-8-18)21(11-24(29)33)27-26(35)23(32)10-20(38-27)15-30-12-16-9-19(14-30)22-3-2-4-25(34)31(22)13-16/h2-8,10,16,19,21,35H,9,11-15H2,1H3,(H2,29,33)/t16-,19+,21+/m1/s1. The van der Waals surface area contributed by atoms with Crippen molar-refractivity contribution in [1.29, 1.82) is 0 Å². The van der Waals surface area contributed by atoms with E-state index in [1.165, 1.54) is 25.3 Å². The molecule has 0 spiro atoms. The number of benzene rings is 1. The molecule has 3 aromatic rings. The van der Waals surface area contributed by atoms with Crippen LogP contribution in [0, 0.1) is 5.92 Å². The number of fused-ring (bicyclic) bond motifs is 4. The number of ether oxygens (including phenoxy) is 1. The minimum absolute atomic E-state index is 0.0138. The summed E-state index contributed by atoms with van der Waals surface area (Å²) in [5, 5.41) is 10.6. The van der Waals surface area contributed by atoms with Crippen molar-refractivity contribution in [3.05, 3.63) is 97.4 Å². The molecule has 10 nitrogen and oxygen atoms in total. The van der Waals surface area contributed by atoms with Gasteiger partial charge in [0.25, 0.3) is 5.56 Å². The fourth-order valence-electron chi connectivity index (χ4n) is 5.75. The number of nitrogens with zero attached hydrogens (tertiary/aromatic N) is 2. The molecule has 0 saturated carbocycles. The lowest BCUT2D eigenvalue weighted by Crippen LogP contribution is -2.46. The maximum absolute atomic E-state index is 12.8. The topological polar surface area (TPSA) is 145 Å². The second kappa shape index (κ2) is 10.3. The van der Waals surface area contributed by atoms with Crippen molar-refractivity contribution in [2.24, 2.45) is 11.7 Å². The van der Waals surface area contributed by atoms with Crippen molar-refractivity contribution >= 4 is 11.9 Å². The third-order valence-electron chi connectivity index (χ3n) is 7.39. The molecule has 1 amide bonds. The normalized spacial score (nSPS) is 19.4. The summed E-state index contributed by atoms with van der Waals surface area (Å²) in [7, 11) is 1.28. The van der Waals surface area contributed by atoms with Crippen LogP contribution in [-0.4, -0.2) is 46.6 Å². The molecule has 1 aromatic carbocycles. The van der Waals surface area contributed by atoms with Crippen LogP contribution >= 0.6 is 0 Å². The lowest BCUT2D eigenvalue weighted by molar-refractivity contribution is -0.118. The number of nitrogens with two attached hydrogens (primary N) is 1. The van der Waals surface area contributed by atoms with Gasteiger partial charge in [-0.25, -0.2) is 4.79 Å². The fraction of sp³-hybridized carbons (Fsp3) is 0.357. The predicted molar refractivity (Wildman–Crippen MR) is 137 cm³/mol. The number of likely N-dealkylation sites (tertiary alicyclic amines) is 1. The van der Waals surface area contributed by atoms with Gasteiger partial charge in [0.2, 0.25) is 17.1 Å².